The van der Waals surface area contributed by atoms with E-state index in [1.165, 1.54) is 26.2 Å². The third-order valence-electron chi connectivity index (χ3n) is 4.93. The number of nitrogens with one attached hydrogen (secondary N) is 1. The van der Waals surface area contributed by atoms with Gasteiger partial charge in [-0.05, 0) is 64.4 Å². The first kappa shape index (κ1) is 18.4. The third kappa shape index (κ3) is 5.55. The Kier molecular flexibility index (Phi) is 7.00. The SMILES string of the molecule is Cc1ccc([C@@H](C)NCCCN2CCN(C(C)C)CC2)cc1F. The first-order chi connectivity index (χ1) is 11.0. The van der Waals surface area contributed by atoms with Crippen molar-refractivity contribution in [1.82, 2.24) is 15.1 Å². The molecule has 23 heavy (non-hydrogen) atoms. The molecule has 0 spiro atoms. The van der Waals surface area contributed by atoms with Crippen LogP contribution in [0.5, 0.6) is 0 Å². The first-order valence-electron chi connectivity index (χ1n) is 8.93. The highest BCUT2D eigenvalue weighted by atomic mass is 19.1. The summed E-state index contributed by atoms with van der Waals surface area (Å²) in [6, 6.07) is 6.38. The summed E-state index contributed by atoms with van der Waals surface area (Å²) in [7, 11) is 0. The maximum absolute atomic E-state index is 13.6. The molecule has 1 atom stereocenters. The van der Waals surface area contributed by atoms with E-state index in [0.29, 0.717) is 11.6 Å². The molecule has 1 N–H and O–H groups in total. The molecule has 1 aliphatic rings. The van der Waals surface area contributed by atoms with Crippen molar-refractivity contribution in [1.29, 1.82) is 0 Å². The maximum Gasteiger partial charge on any atom is 0.126 e. The van der Waals surface area contributed by atoms with Crippen LogP contribution in [0.25, 0.3) is 0 Å². The summed E-state index contributed by atoms with van der Waals surface area (Å²) < 4.78 is 13.6. The smallest absolute Gasteiger partial charge is 0.126 e. The molecule has 3 nitrogen and oxygen atoms in total. The summed E-state index contributed by atoms with van der Waals surface area (Å²) in [6.45, 7) is 15.3. The monoisotopic (exact) mass is 321 g/mol. The van der Waals surface area contributed by atoms with Crippen molar-refractivity contribution in [3.05, 3.63) is 35.1 Å². The van der Waals surface area contributed by atoms with E-state index in [2.05, 4.69) is 35.9 Å². The van der Waals surface area contributed by atoms with E-state index >= 15 is 0 Å². The predicted molar refractivity (Wildman–Crippen MR) is 95.3 cm³/mol. The van der Waals surface area contributed by atoms with Gasteiger partial charge in [-0.25, -0.2) is 4.39 Å². The molecule has 0 bridgehead atoms. The van der Waals surface area contributed by atoms with Crippen molar-refractivity contribution in [3.63, 3.8) is 0 Å². The van der Waals surface area contributed by atoms with E-state index in [9.17, 15) is 4.39 Å². The fraction of sp³-hybridized carbons (Fsp3) is 0.684. The van der Waals surface area contributed by atoms with Gasteiger partial charge in [0.1, 0.15) is 5.82 Å². The second-order valence-corrected chi connectivity index (χ2v) is 7.01. The molecule has 0 saturated carbocycles. The Morgan fingerprint density at radius 1 is 1.13 bits per heavy atom. The van der Waals surface area contributed by atoms with Gasteiger partial charge in [0.15, 0.2) is 0 Å². The van der Waals surface area contributed by atoms with Gasteiger partial charge in [-0.15, -0.1) is 0 Å². The summed E-state index contributed by atoms with van der Waals surface area (Å²) in [5.41, 5.74) is 1.74. The molecular weight excluding hydrogens is 289 g/mol. The zero-order chi connectivity index (χ0) is 16.8. The lowest BCUT2D eigenvalue weighted by Gasteiger charge is -2.37. The fourth-order valence-electron chi connectivity index (χ4n) is 3.12. The van der Waals surface area contributed by atoms with Crippen LogP contribution in [0, 0.1) is 12.7 Å². The van der Waals surface area contributed by atoms with E-state index in [1.807, 2.05) is 12.1 Å². The lowest BCUT2D eigenvalue weighted by atomic mass is 10.1. The normalized spacial score (nSPS) is 18.5. The van der Waals surface area contributed by atoms with Crippen LogP contribution < -0.4 is 5.32 Å². The minimum atomic E-state index is -0.112. The van der Waals surface area contributed by atoms with Gasteiger partial charge in [-0.3, -0.25) is 4.90 Å². The number of hydrogen-bond acceptors (Lipinski definition) is 3. The number of rotatable bonds is 7. The van der Waals surface area contributed by atoms with E-state index in [1.54, 1.807) is 13.0 Å². The molecule has 4 heteroatoms. The molecule has 2 rings (SSSR count). The summed E-state index contributed by atoms with van der Waals surface area (Å²) in [6.07, 6.45) is 1.14. The minimum Gasteiger partial charge on any atom is -0.310 e. The van der Waals surface area contributed by atoms with Crippen LogP contribution in [-0.4, -0.2) is 55.1 Å². The molecule has 0 unspecified atom stereocenters. The molecule has 0 aromatic heterocycles. The first-order valence-corrected chi connectivity index (χ1v) is 8.93. The average Bonchev–Trinajstić information content (AvgIpc) is 2.54. The number of nitrogens with zero attached hydrogens (tertiary/aromatic N) is 2. The molecule has 0 aliphatic carbocycles. The van der Waals surface area contributed by atoms with Gasteiger partial charge in [0.25, 0.3) is 0 Å². The highest BCUT2D eigenvalue weighted by molar-refractivity contribution is 5.25. The number of halogens is 1. The van der Waals surface area contributed by atoms with Crippen molar-refractivity contribution in [2.24, 2.45) is 0 Å². The van der Waals surface area contributed by atoms with Gasteiger partial charge in [0, 0.05) is 38.3 Å². The zero-order valence-corrected chi connectivity index (χ0v) is 15.1. The Labute approximate surface area is 140 Å². The Hall–Kier alpha value is -0.970. The Morgan fingerprint density at radius 3 is 2.43 bits per heavy atom. The Balaban J connectivity index is 1.64. The summed E-state index contributed by atoms with van der Waals surface area (Å²) in [4.78, 5) is 5.10. The summed E-state index contributed by atoms with van der Waals surface area (Å²) in [5.74, 6) is -0.112. The molecule has 1 saturated heterocycles. The van der Waals surface area contributed by atoms with Crippen LogP contribution in [0.4, 0.5) is 4.39 Å². The number of aryl methyl sites for hydroxylation is 1. The molecular formula is C19H32FN3. The van der Waals surface area contributed by atoms with Crippen LogP contribution in [0.1, 0.15) is 44.4 Å². The molecule has 130 valence electrons. The number of hydrogen-bond donors (Lipinski definition) is 1. The predicted octanol–water partition coefficient (Wildman–Crippen LogP) is 3.20. The average molecular weight is 321 g/mol. The van der Waals surface area contributed by atoms with E-state index in [0.717, 1.165) is 25.1 Å². The Bertz CT molecular complexity index is 482. The van der Waals surface area contributed by atoms with Gasteiger partial charge in [0.05, 0.1) is 0 Å². The van der Waals surface area contributed by atoms with E-state index in [-0.39, 0.29) is 11.9 Å². The third-order valence-corrected chi connectivity index (χ3v) is 4.93. The van der Waals surface area contributed by atoms with Gasteiger partial charge in [-0.2, -0.15) is 0 Å². The molecule has 1 aliphatic heterocycles. The molecule has 1 heterocycles. The summed E-state index contributed by atoms with van der Waals surface area (Å²) in [5, 5.41) is 3.51. The van der Waals surface area contributed by atoms with Crippen LogP contribution in [0.15, 0.2) is 18.2 Å². The molecule has 1 aromatic rings. The van der Waals surface area contributed by atoms with Crippen molar-refractivity contribution >= 4 is 0 Å². The van der Waals surface area contributed by atoms with Gasteiger partial charge in [-0.1, -0.05) is 12.1 Å². The topological polar surface area (TPSA) is 18.5 Å². The molecule has 1 aromatic carbocycles. The molecule has 0 amide bonds. The fourth-order valence-corrected chi connectivity index (χ4v) is 3.12. The lowest BCUT2D eigenvalue weighted by molar-refractivity contribution is 0.107. The number of benzene rings is 1. The Morgan fingerprint density at radius 2 is 1.83 bits per heavy atom. The van der Waals surface area contributed by atoms with Crippen LogP contribution >= 0.6 is 0 Å². The van der Waals surface area contributed by atoms with E-state index in [4.69, 9.17) is 0 Å². The largest absolute Gasteiger partial charge is 0.310 e. The second kappa shape index (κ2) is 8.76. The van der Waals surface area contributed by atoms with Gasteiger partial charge < -0.3 is 10.2 Å². The maximum atomic E-state index is 13.6. The van der Waals surface area contributed by atoms with Crippen molar-refractivity contribution in [2.75, 3.05) is 39.3 Å². The van der Waals surface area contributed by atoms with Gasteiger partial charge in [0.2, 0.25) is 0 Å². The van der Waals surface area contributed by atoms with Crippen molar-refractivity contribution in [3.8, 4) is 0 Å². The summed E-state index contributed by atoms with van der Waals surface area (Å²) >= 11 is 0. The number of piperazine rings is 1. The highest BCUT2D eigenvalue weighted by Crippen LogP contribution is 2.16. The quantitative estimate of drug-likeness (QED) is 0.778. The standard InChI is InChI=1S/C19H32FN3/c1-15(2)23-12-10-22(11-13-23)9-5-8-21-17(4)18-7-6-16(3)19(20)14-18/h6-7,14-15,17,21H,5,8-13H2,1-4H3/t17-/m1/s1. The second-order valence-electron chi connectivity index (χ2n) is 7.01. The van der Waals surface area contributed by atoms with Crippen LogP contribution in [-0.2, 0) is 0 Å². The highest BCUT2D eigenvalue weighted by Gasteiger charge is 2.18. The zero-order valence-electron chi connectivity index (χ0n) is 15.1. The van der Waals surface area contributed by atoms with Gasteiger partial charge >= 0.3 is 0 Å². The molecule has 0 radical (unpaired) electrons. The lowest BCUT2D eigenvalue weighted by Crippen LogP contribution is -2.49. The van der Waals surface area contributed by atoms with Crippen LogP contribution in [0.3, 0.4) is 0 Å². The van der Waals surface area contributed by atoms with Crippen molar-refractivity contribution < 1.29 is 4.39 Å². The van der Waals surface area contributed by atoms with E-state index < -0.39 is 0 Å². The molecule has 1 fully saturated rings. The van der Waals surface area contributed by atoms with Crippen LogP contribution in [0.2, 0.25) is 0 Å². The van der Waals surface area contributed by atoms with Crippen molar-refractivity contribution in [2.45, 2.75) is 46.2 Å². The minimum absolute atomic E-state index is 0.112.